The number of hydrogen-bond acceptors (Lipinski definition) is 4. The van der Waals surface area contributed by atoms with Gasteiger partial charge in [0.15, 0.2) is 0 Å². The molecular weight excluding hydrogens is 300 g/mol. The highest BCUT2D eigenvalue weighted by atomic mass is 35.5. The molecule has 1 fully saturated rings. The Morgan fingerprint density at radius 1 is 1.35 bits per heavy atom. The molecule has 1 aliphatic heterocycles. The zero-order valence-corrected chi connectivity index (χ0v) is 12.9. The number of halogens is 1. The third-order valence-corrected chi connectivity index (χ3v) is 5.87. The molecule has 0 aromatic heterocycles. The molecule has 1 heterocycles. The molecule has 112 valence electrons. The number of anilines is 1. The van der Waals surface area contributed by atoms with Crippen molar-refractivity contribution in [3.05, 3.63) is 23.2 Å². The van der Waals surface area contributed by atoms with Gasteiger partial charge in [0, 0.05) is 13.1 Å². The molecule has 1 unspecified atom stereocenters. The molecule has 7 heteroatoms. The molecule has 2 rings (SSSR count). The van der Waals surface area contributed by atoms with Crippen molar-refractivity contribution in [2.75, 3.05) is 18.8 Å². The minimum absolute atomic E-state index is 0.140. The number of benzene rings is 1. The average Bonchev–Trinajstić information content (AvgIpc) is 2.54. The van der Waals surface area contributed by atoms with Crippen molar-refractivity contribution in [2.45, 2.75) is 36.7 Å². The summed E-state index contributed by atoms with van der Waals surface area (Å²) in [5.74, 6) is 0. The van der Waals surface area contributed by atoms with Crippen LogP contribution in [0, 0.1) is 0 Å². The standard InChI is InChI=1S/C13H19ClN2O3S/c1-13(17)5-2-7-16(8-6-13)20(18,19)10-3-4-11(14)12(15)9-10/h3-4,9,17H,2,5-8,15H2,1H3. The first-order chi connectivity index (χ1) is 9.22. The van der Waals surface area contributed by atoms with Gasteiger partial charge in [-0.15, -0.1) is 0 Å². The molecule has 0 bridgehead atoms. The molecule has 20 heavy (non-hydrogen) atoms. The first-order valence-electron chi connectivity index (χ1n) is 6.50. The molecule has 1 aromatic rings. The van der Waals surface area contributed by atoms with Crippen LogP contribution in [0.1, 0.15) is 26.2 Å². The molecule has 0 amide bonds. The van der Waals surface area contributed by atoms with Gasteiger partial charge in [0.1, 0.15) is 0 Å². The van der Waals surface area contributed by atoms with Crippen molar-refractivity contribution in [1.29, 1.82) is 0 Å². The first kappa shape index (κ1) is 15.6. The maximum absolute atomic E-state index is 12.6. The van der Waals surface area contributed by atoms with Crippen LogP contribution in [0.5, 0.6) is 0 Å². The van der Waals surface area contributed by atoms with Gasteiger partial charge in [-0.1, -0.05) is 11.6 Å². The lowest BCUT2D eigenvalue weighted by atomic mass is 9.98. The van der Waals surface area contributed by atoms with Crippen molar-refractivity contribution in [1.82, 2.24) is 4.31 Å². The van der Waals surface area contributed by atoms with E-state index in [1.165, 1.54) is 22.5 Å². The fourth-order valence-corrected chi connectivity index (χ4v) is 3.94. The third-order valence-electron chi connectivity index (χ3n) is 3.63. The third kappa shape index (κ3) is 3.25. The minimum atomic E-state index is -3.59. The molecule has 1 aromatic carbocycles. The first-order valence-corrected chi connectivity index (χ1v) is 8.32. The Morgan fingerprint density at radius 2 is 2.05 bits per heavy atom. The highest BCUT2D eigenvalue weighted by molar-refractivity contribution is 7.89. The number of nitrogen functional groups attached to an aromatic ring is 1. The molecule has 1 atom stereocenters. The normalized spacial score (nSPS) is 25.4. The summed E-state index contributed by atoms with van der Waals surface area (Å²) in [6.07, 6.45) is 1.66. The Labute approximate surface area is 124 Å². The van der Waals surface area contributed by atoms with Gasteiger partial charge >= 0.3 is 0 Å². The lowest BCUT2D eigenvalue weighted by molar-refractivity contribution is 0.0465. The monoisotopic (exact) mass is 318 g/mol. The largest absolute Gasteiger partial charge is 0.397 e. The lowest BCUT2D eigenvalue weighted by Crippen LogP contribution is -2.33. The van der Waals surface area contributed by atoms with Crippen LogP contribution in [-0.4, -0.2) is 36.5 Å². The second-order valence-electron chi connectivity index (χ2n) is 5.44. The van der Waals surface area contributed by atoms with Crippen LogP contribution in [0.4, 0.5) is 5.69 Å². The predicted molar refractivity (Wildman–Crippen MR) is 79.1 cm³/mol. The summed E-state index contributed by atoms with van der Waals surface area (Å²) >= 11 is 5.81. The topological polar surface area (TPSA) is 83.6 Å². The van der Waals surface area contributed by atoms with Crippen LogP contribution in [0.25, 0.3) is 0 Å². The van der Waals surface area contributed by atoms with Crippen molar-refractivity contribution in [3.63, 3.8) is 0 Å². The lowest BCUT2D eigenvalue weighted by Gasteiger charge is -2.22. The molecule has 3 N–H and O–H groups in total. The molecule has 0 saturated carbocycles. The summed E-state index contributed by atoms with van der Waals surface area (Å²) in [6.45, 7) is 2.45. The van der Waals surface area contributed by atoms with E-state index in [1.54, 1.807) is 6.92 Å². The van der Waals surface area contributed by atoms with E-state index in [0.29, 0.717) is 37.4 Å². The van der Waals surface area contributed by atoms with Crippen LogP contribution >= 0.6 is 11.6 Å². The molecule has 1 aliphatic rings. The van der Waals surface area contributed by atoms with E-state index >= 15 is 0 Å². The van der Waals surface area contributed by atoms with E-state index in [-0.39, 0.29) is 10.6 Å². The van der Waals surface area contributed by atoms with Gasteiger partial charge in [-0.2, -0.15) is 4.31 Å². The number of aliphatic hydroxyl groups is 1. The van der Waals surface area contributed by atoms with Crippen LogP contribution < -0.4 is 5.73 Å². The van der Waals surface area contributed by atoms with Crippen molar-refractivity contribution in [2.24, 2.45) is 0 Å². The summed E-state index contributed by atoms with van der Waals surface area (Å²) < 4.78 is 26.5. The van der Waals surface area contributed by atoms with E-state index in [1.807, 2.05) is 0 Å². The number of sulfonamides is 1. The zero-order valence-electron chi connectivity index (χ0n) is 11.3. The summed E-state index contributed by atoms with van der Waals surface area (Å²) in [5, 5.41) is 10.4. The molecule has 5 nitrogen and oxygen atoms in total. The van der Waals surface area contributed by atoms with Gasteiger partial charge in [-0.3, -0.25) is 0 Å². The van der Waals surface area contributed by atoms with Crippen molar-refractivity contribution >= 4 is 27.3 Å². The van der Waals surface area contributed by atoms with Crippen molar-refractivity contribution in [3.8, 4) is 0 Å². The molecule has 0 spiro atoms. The Balaban J connectivity index is 2.28. The van der Waals surface area contributed by atoms with Gasteiger partial charge in [0.05, 0.1) is 21.2 Å². The van der Waals surface area contributed by atoms with E-state index in [2.05, 4.69) is 0 Å². The van der Waals surface area contributed by atoms with E-state index in [9.17, 15) is 13.5 Å². The van der Waals surface area contributed by atoms with Crippen molar-refractivity contribution < 1.29 is 13.5 Å². The highest BCUT2D eigenvalue weighted by Crippen LogP contribution is 2.28. The zero-order chi connectivity index (χ0) is 15.0. The molecule has 0 radical (unpaired) electrons. The second kappa shape index (κ2) is 5.52. The average molecular weight is 319 g/mol. The summed E-state index contributed by atoms with van der Waals surface area (Å²) in [6, 6.07) is 4.31. The second-order valence-corrected chi connectivity index (χ2v) is 7.78. The maximum atomic E-state index is 12.6. The summed E-state index contributed by atoms with van der Waals surface area (Å²) in [5.41, 5.74) is 5.11. The van der Waals surface area contributed by atoms with Crippen LogP contribution in [0.3, 0.4) is 0 Å². The van der Waals surface area contributed by atoms with Gasteiger partial charge in [0.2, 0.25) is 10.0 Å². The number of hydrogen-bond donors (Lipinski definition) is 2. The number of rotatable bonds is 2. The molecule has 0 aliphatic carbocycles. The Hall–Kier alpha value is -0.820. The summed E-state index contributed by atoms with van der Waals surface area (Å²) in [4.78, 5) is 0.140. The Bertz CT molecular complexity index is 602. The number of nitrogens with zero attached hydrogens (tertiary/aromatic N) is 1. The van der Waals surface area contributed by atoms with Gasteiger partial charge in [0.25, 0.3) is 0 Å². The SMILES string of the molecule is CC1(O)CCCN(S(=O)(=O)c2ccc(Cl)c(N)c2)CC1. The van der Waals surface area contributed by atoms with Gasteiger partial charge < -0.3 is 10.8 Å². The quantitative estimate of drug-likeness (QED) is 0.815. The molecule has 1 saturated heterocycles. The van der Waals surface area contributed by atoms with Crippen LogP contribution in [0.2, 0.25) is 5.02 Å². The van der Waals surface area contributed by atoms with E-state index in [4.69, 9.17) is 17.3 Å². The van der Waals surface area contributed by atoms with Gasteiger partial charge in [-0.25, -0.2) is 8.42 Å². The fourth-order valence-electron chi connectivity index (χ4n) is 2.31. The Morgan fingerprint density at radius 3 is 2.70 bits per heavy atom. The van der Waals surface area contributed by atoms with Gasteiger partial charge in [-0.05, 0) is 44.4 Å². The van der Waals surface area contributed by atoms with E-state index < -0.39 is 15.6 Å². The fraction of sp³-hybridized carbons (Fsp3) is 0.538. The van der Waals surface area contributed by atoms with Crippen LogP contribution in [-0.2, 0) is 10.0 Å². The minimum Gasteiger partial charge on any atom is -0.397 e. The van der Waals surface area contributed by atoms with Crippen LogP contribution in [0.15, 0.2) is 23.1 Å². The maximum Gasteiger partial charge on any atom is 0.243 e. The highest BCUT2D eigenvalue weighted by Gasteiger charge is 2.31. The Kier molecular flexibility index (Phi) is 4.30. The summed E-state index contributed by atoms with van der Waals surface area (Å²) in [7, 11) is -3.59. The molecular formula is C13H19ClN2O3S. The predicted octanol–water partition coefficient (Wildman–Crippen LogP) is 1.85. The number of nitrogens with two attached hydrogens (primary N) is 1. The smallest absolute Gasteiger partial charge is 0.243 e. The van der Waals surface area contributed by atoms with E-state index in [0.717, 1.165) is 0 Å².